The summed E-state index contributed by atoms with van der Waals surface area (Å²) in [5, 5.41) is 10.3. The maximum Gasteiger partial charge on any atom is 0.0802 e. The summed E-state index contributed by atoms with van der Waals surface area (Å²) in [6.07, 6.45) is 1.77. The molecule has 1 N–H and O–H groups in total. The Morgan fingerprint density at radius 2 is 2.10 bits per heavy atom. The van der Waals surface area contributed by atoms with E-state index >= 15 is 0 Å². The Morgan fingerprint density at radius 1 is 1.40 bits per heavy atom. The van der Waals surface area contributed by atoms with Crippen molar-refractivity contribution in [3.63, 3.8) is 0 Å². The summed E-state index contributed by atoms with van der Waals surface area (Å²) in [7, 11) is 0. The number of nitrogens with zero attached hydrogens (tertiary/aromatic N) is 1. The summed E-state index contributed by atoms with van der Waals surface area (Å²) in [4.78, 5) is 2.45. The minimum atomic E-state index is -0.390. The number of aliphatic hydroxyl groups excluding tert-OH is 1. The Bertz CT molecular complexity index is 409. The zero-order valence-corrected chi connectivity index (χ0v) is 13.8. The van der Waals surface area contributed by atoms with Crippen molar-refractivity contribution in [1.29, 1.82) is 0 Å². The van der Waals surface area contributed by atoms with E-state index in [9.17, 15) is 5.11 Å². The van der Waals surface area contributed by atoms with Gasteiger partial charge < -0.3 is 9.84 Å². The Balaban J connectivity index is 1.88. The minimum absolute atomic E-state index is 0.294. The number of morpholine rings is 1. The molecule has 1 saturated heterocycles. The van der Waals surface area contributed by atoms with Crippen molar-refractivity contribution in [2.45, 2.75) is 44.9 Å². The van der Waals surface area contributed by atoms with Crippen molar-refractivity contribution in [2.75, 3.05) is 19.7 Å². The highest BCUT2D eigenvalue weighted by Crippen LogP contribution is 2.22. The second-order valence-electron chi connectivity index (χ2n) is 5.56. The average Bonchev–Trinajstić information content (AvgIpc) is 2.45. The van der Waals surface area contributed by atoms with E-state index in [0.717, 1.165) is 42.6 Å². The molecule has 1 aromatic carbocycles. The van der Waals surface area contributed by atoms with Crippen LogP contribution in [0.5, 0.6) is 0 Å². The van der Waals surface area contributed by atoms with Gasteiger partial charge in [0, 0.05) is 23.6 Å². The SMILES string of the molecule is CCC1COC(C)CN1CCC(O)c1ccc(Br)cc1. The zero-order valence-electron chi connectivity index (χ0n) is 12.3. The number of hydrogen-bond donors (Lipinski definition) is 1. The molecule has 1 aliphatic rings. The van der Waals surface area contributed by atoms with Crippen molar-refractivity contribution >= 4 is 15.9 Å². The van der Waals surface area contributed by atoms with Crippen molar-refractivity contribution in [3.8, 4) is 0 Å². The van der Waals surface area contributed by atoms with Crippen LogP contribution in [0.1, 0.15) is 38.4 Å². The summed E-state index contributed by atoms with van der Waals surface area (Å²) < 4.78 is 6.75. The lowest BCUT2D eigenvalue weighted by atomic mass is 10.0. The lowest BCUT2D eigenvalue weighted by Crippen LogP contribution is -2.48. The fourth-order valence-electron chi connectivity index (χ4n) is 2.70. The number of halogens is 1. The predicted molar refractivity (Wildman–Crippen MR) is 84.8 cm³/mol. The summed E-state index contributed by atoms with van der Waals surface area (Å²) in [6.45, 7) is 7.01. The van der Waals surface area contributed by atoms with Gasteiger partial charge in [0.15, 0.2) is 0 Å². The molecule has 1 fully saturated rings. The smallest absolute Gasteiger partial charge is 0.0802 e. The van der Waals surface area contributed by atoms with Gasteiger partial charge in [-0.2, -0.15) is 0 Å². The molecular weight excluding hydrogens is 318 g/mol. The van der Waals surface area contributed by atoms with Gasteiger partial charge in [0.2, 0.25) is 0 Å². The lowest BCUT2D eigenvalue weighted by molar-refractivity contribution is -0.0591. The molecule has 2 rings (SSSR count). The maximum atomic E-state index is 10.3. The molecule has 0 saturated carbocycles. The third-order valence-electron chi connectivity index (χ3n) is 4.00. The van der Waals surface area contributed by atoms with E-state index < -0.39 is 6.10 Å². The quantitative estimate of drug-likeness (QED) is 0.891. The first kappa shape index (κ1) is 16.0. The Hall–Kier alpha value is -0.420. The maximum absolute atomic E-state index is 10.3. The van der Waals surface area contributed by atoms with E-state index in [1.807, 2.05) is 24.3 Å². The first-order valence-electron chi connectivity index (χ1n) is 7.39. The van der Waals surface area contributed by atoms with Crippen LogP contribution in [0.2, 0.25) is 0 Å². The van der Waals surface area contributed by atoms with Crippen molar-refractivity contribution in [3.05, 3.63) is 34.3 Å². The molecular formula is C16H24BrNO2. The van der Waals surface area contributed by atoms with Crippen LogP contribution >= 0.6 is 15.9 Å². The van der Waals surface area contributed by atoms with E-state index in [2.05, 4.69) is 34.7 Å². The molecule has 3 nitrogen and oxygen atoms in total. The molecule has 3 atom stereocenters. The highest BCUT2D eigenvalue weighted by atomic mass is 79.9. The van der Waals surface area contributed by atoms with Crippen LogP contribution in [0.25, 0.3) is 0 Å². The van der Waals surface area contributed by atoms with Gasteiger partial charge in [0.1, 0.15) is 0 Å². The number of rotatable bonds is 5. The van der Waals surface area contributed by atoms with E-state index in [1.165, 1.54) is 0 Å². The van der Waals surface area contributed by atoms with Crippen molar-refractivity contribution in [2.24, 2.45) is 0 Å². The molecule has 1 heterocycles. The summed E-state index contributed by atoms with van der Waals surface area (Å²) in [5.74, 6) is 0. The largest absolute Gasteiger partial charge is 0.388 e. The summed E-state index contributed by atoms with van der Waals surface area (Å²) in [6, 6.07) is 8.40. The minimum Gasteiger partial charge on any atom is -0.388 e. The third kappa shape index (κ3) is 4.29. The highest BCUT2D eigenvalue weighted by Gasteiger charge is 2.25. The van der Waals surface area contributed by atoms with Crippen molar-refractivity contribution in [1.82, 2.24) is 4.90 Å². The first-order chi connectivity index (χ1) is 9.60. The third-order valence-corrected chi connectivity index (χ3v) is 4.53. The Labute approximate surface area is 130 Å². The van der Waals surface area contributed by atoms with E-state index in [-0.39, 0.29) is 0 Å². The van der Waals surface area contributed by atoms with Crippen LogP contribution in [0, 0.1) is 0 Å². The van der Waals surface area contributed by atoms with E-state index in [0.29, 0.717) is 12.1 Å². The van der Waals surface area contributed by atoms with Gasteiger partial charge in [-0.25, -0.2) is 0 Å². The fourth-order valence-corrected chi connectivity index (χ4v) is 2.97. The molecule has 0 spiro atoms. The molecule has 0 aliphatic carbocycles. The molecule has 20 heavy (non-hydrogen) atoms. The molecule has 1 aromatic rings. The normalized spacial score (nSPS) is 25.6. The van der Waals surface area contributed by atoms with Gasteiger partial charge in [0.25, 0.3) is 0 Å². The van der Waals surface area contributed by atoms with Crippen LogP contribution in [0.3, 0.4) is 0 Å². The topological polar surface area (TPSA) is 32.7 Å². The fraction of sp³-hybridized carbons (Fsp3) is 0.625. The van der Waals surface area contributed by atoms with Crippen LogP contribution in [0.15, 0.2) is 28.7 Å². The second-order valence-corrected chi connectivity index (χ2v) is 6.47. The summed E-state index contributed by atoms with van der Waals surface area (Å²) >= 11 is 3.42. The van der Waals surface area contributed by atoms with Gasteiger partial charge in [-0.1, -0.05) is 35.0 Å². The van der Waals surface area contributed by atoms with Crippen molar-refractivity contribution < 1.29 is 9.84 Å². The number of benzene rings is 1. The first-order valence-corrected chi connectivity index (χ1v) is 8.18. The van der Waals surface area contributed by atoms with Crippen LogP contribution in [-0.2, 0) is 4.74 Å². The molecule has 0 bridgehead atoms. The standard InChI is InChI=1S/C16H24BrNO2/c1-3-15-11-20-12(2)10-18(15)9-8-16(19)13-4-6-14(17)7-5-13/h4-7,12,15-16,19H,3,8-11H2,1-2H3. The Morgan fingerprint density at radius 3 is 2.75 bits per heavy atom. The average molecular weight is 342 g/mol. The van der Waals surface area contributed by atoms with E-state index in [4.69, 9.17) is 4.74 Å². The molecule has 0 amide bonds. The molecule has 0 radical (unpaired) electrons. The van der Waals surface area contributed by atoms with Gasteiger partial charge in [-0.3, -0.25) is 4.90 Å². The lowest BCUT2D eigenvalue weighted by Gasteiger charge is -2.38. The van der Waals surface area contributed by atoms with Crippen LogP contribution in [-0.4, -0.2) is 41.8 Å². The summed E-state index contributed by atoms with van der Waals surface area (Å²) in [5.41, 5.74) is 0.988. The molecule has 3 unspecified atom stereocenters. The molecule has 4 heteroatoms. The van der Waals surface area contributed by atoms with Crippen LogP contribution < -0.4 is 0 Å². The highest BCUT2D eigenvalue weighted by molar-refractivity contribution is 9.10. The number of ether oxygens (including phenoxy) is 1. The monoisotopic (exact) mass is 341 g/mol. The number of aliphatic hydroxyl groups is 1. The zero-order chi connectivity index (χ0) is 14.5. The van der Waals surface area contributed by atoms with Crippen LogP contribution in [0.4, 0.5) is 0 Å². The molecule has 112 valence electrons. The van der Waals surface area contributed by atoms with Gasteiger partial charge in [-0.05, 0) is 37.5 Å². The van der Waals surface area contributed by atoms with Gasteiger partial charge in [0.05, 0.1) is 18.8 Å². The predicted octanol–water partition coefficient (Wildman–Crippen LogP) is 3.37. The number of hydrogen-bond acceptors (Lipinski definition) is 3. The second kappa shape index (κ2) is 7.55. The van der Waals surface area contributed by atoms with Gasteiger partial charge >= 0.3 is 0 Å². The Kier molecular flexibility index (Phi) is 6.02. The van der Waals surface area contributed by atoms with E-state index in [1.54, 1.807) is 0 Å². The molecule has 0 aromatic heterocycles. The molecule has 1 aliphatic heterocycles. The van der Waals surface area contributed by atoms with Gasteiger partial charge in [-0.15, -0.1) is 0 Å².